The molecule has 0 aliphatic rings. The van der Waals surface area contributed by atoms with Crippen LogP contribution >= 0.6 is 11.3 Å². The maximum absolute atomic E-state index is 12.7. The first-order valence-electron chi connectivity index (χ1n) is 8.88. The zero-order valence-electron chi connectivity index (χ0n) is 15.9. The Morgan fingerprint density at radius 1 is 1.44 bits per heavy atom. The molecule has 0 aliphatic carbocycles. The molecule has 0 aliphatic heterocycles. The van der Waals surface area contributed by atoms with Gasteiger partial charge in [-0.2, -0.15) is 5.10 Å². The van der Waals surface area contributed by atoms with Gasteiger partial charge in [0.25, 0.3) is 5.56 Å². The highest BCUT2D eigenvalue weighted by molar-refractivity contribution is 7.09. The molecule has 3 heterocycles. The van der Waals surface area contributed by atoms with Crippen molar-refractivity contribution in [2.24, 2.45) is 7.05 Å². The minimum Gasteiger partial charge on any atom is -0.334 e. The van der Waals surface area contributed by atoms with E-state index in [1.165, 1.54) is 0 Å². The first-order valence-corrected chi connectivity index (χ1v) is 9.76. The molecule has 0 fully saturated rings. The smallest absolute Gasteiger partial charge is 0.253 e. The molecule has 3 aromatic rings. The fourth-order valence-electron chi connectivity index (χ4n) is 3.45. The summed E-state index contributed by atoms with van der Waals surface area (Å²) in [6.07, 6.45) is 2.42. The summed E-state index contributed by atoms with van der Waals surface area (Å²) in [5.41, 5.74) is 3.00. The van der Waals surface area contributed by atoms with Crippen molar-refractivity contribution in [2.75, 3.05) is 6.54 Å². The summed E-state index contributed by atoms with van der Waals surface area (Å²) < 4.78 is 1.68. The van der Waals surface area contributed by atoms with Gasteiger partial charge in [0.2, 0.25) is 5.91 Å². The molecule has 0 bridgehead atoms. The van der Waals surface area contributed by atoms with E-state index in [-0.39, 0.29) is 17.9 Å². The number of carbonyl (C=O) groups excluding carboxylic acids is 1. The lowest BCUT2D eigenvalue weighted by Crippen LogP contribution is -2.31. The zero-order chi connectivity index (χ0) is 19.6. The van der Waals surface area contributed by atoms with E-state index in [9.17, 15) is 9.59 Å². The summed E-state index contributed by atoms with van der Waals surface area (Å²) in [5.74, 6) is 0.0186. The Kier molecular flexibility index (Phi) is 5.60. The van der Waals surface area contributed by atoms with Gasteiger partial charge < -0.3 is 9.88 Å². The van der Waals surface area contributed by atoms with Crippen molar-refractivity contribution >= 4 is 28.3 Å². The minimum absolute atomic E-state index is 0.0186. The van der Waals surface area contributed by atoms with Gasteiger partial charge in [-0.3, -0.25) is 14.3 Å². The third-order valence-corrected chi connectivity index (χ3v) is 5.63. The van der Waals surface area contributed by atoms with Crippen molar-refractivity contribution in [2.45, 2.75) is 33.2 Å². The average molecular weight is 385 g/mol. The molecule has 3 rings (SSSR count). The molecule has 0 unspecified atom stereocenters. The second-order valence-corrected chi connectivity index (χ2v) is 7.66. The van der Waals surface area contributed by atoms with Gasteiger partial charge >= 0.3 is 0 Å². The predicted octanol–water partition coefficient (Wildman–Crippen LogP) is 3.09. The lowest BCUT2D eigenvalue weighted by atomic mass is 10.0. The average Bonchev–Trinajstić information content (AvgIpc) is 3.22. The molecule has 0 spiro atoms. The van der Waals surface area contributed by atoms with E-state index in [0.717, 1.165) is 27.2 Å². The molecule has 3 aromatic heterocycles. The summed E-state index contributed by atoms with van der Waals surface area (Å²) in [6, 6.07) is 3.99. The highest BCUT2D eigenvalue weighted by Gasteiger charge is 2.18. The molecular formula is C20H24N4O2S. The molecule has 142 valence electrons. The maximum atomic E-state index is 12.7. The molecule has 6 nitrogen and oxygen atoms in total. The number of nitrogens with zero attached hydrogens (tertiary/aromatic N) is 3. The van der Waals surface area contributed by atoms with Gasteiger partial charge in [-0.25, -0.2) is 0 Å². The Balaban J connectivity index is 1.80. The van der Waals surface area contributed by atoms with Crippen molar-refractivity contribution in [3.8, 4) is 0 Å². The number of thiophene rings is 1. The highest BCUT2D eigenvalue weighted by atomic mass is 32.1. The minimum atomic E-state index is -0.149. The topological polar surface area (TPSA) is 71.0 Å². The molecular weight excluding hydrogens is 360 g/mol. The van der Waals surface area contributed by atoms with Gasteiger partial charge in [-0.05, 0) is 37.3 Å². The summed E-state index contributed by atoms with van der Waals surface area (Å²) in [4.78, 5) is 31.1. The van der Waals surface area contributed by atoms with Crippen molar-refractivity contribution in [1.82, 2.24) is 19.7 Å². The number of fused-ring (bicyclic) bond motifs is 1. The third-order valence-electron chi connectivity index (χ3n) is 4.77. The Hall–Kier alpha value is -2.67. The van der Waals surface area contributed by atoms with Crippen LogP contribution in [0.3, 0.4) is 0 Å². The Morgan fingerprint density at radius 2 is 2.22 bits per heavy atom. The number of rotatable bonds is 7. The fourth-order valence-corrected chi connectivity index (χ4v) is 4.17. The van der Waals surface area contributed by atoms with Crippen LogP contribution < -0.4 is 5.56 Å². The summed E-state index contributed by atoms with van der Waals surface area (Å²) in [6.45, 7) is 8.67. The number of hydrogen-bond donors (Lipinski definition) is 1. The van der Waals surface area contributed by atoms with Crippen LogP contribution in [-0.2, 0) is 24.8 Å². The van der Waals surface area contributed by atoms with Gasteiger partial charge in [0.15, 0.2) is 0 Å². The van der Waals surface area contributed by atoms with Crippen LogP contribution in [0, 0.1) is 13.8 Å². The van der Waals surface area contributed by atoms with Crippen LogP contribution in [0.4, 0.5) is 0 Å². The number of amides is 1. The van der Waals surface area contributed by atoms with E-state index in [1.54, 1.807) is 27.0 Å². The largest absolute Gasteiger partial charge is 0.334 e. The van der Waals surface area contributed by atoms with Crippen LogP contribution in [0.2, 0.25) is 0 Å². The van der Waals surface area contributed by atoms with E-state index in [1.807, 2.05) is 38.4 Å². The zero-order valence-corrected chi connectivity index (χ0v) is 16.7. The first-order chi connectivity index (χ1) is 12.9. The van der Waals surface area contributed by atoms with E-state index in [2.05, 4.69) is 16.7 Å². The first kappa shape index (κ1) is 19.1. The molecule has 27 heavy (non-hydrogen) atoms. The number of pyridine rings is 1. The summed E-state index contributed by atoms with van der Waals surface area (Å²) in [5, 5.41) is 7.34. The number of aromatic amines is 1. The highest BCUT2D eigenvalue weighted by Crippen LogP contribution is 2.21. The number of nitrogens with one attached hydrogen (secondary N) is 1. The van der Waals surface area contributed by atoms with Gasteiger partial charge in [-0.1, -0.05) is 12.1 Å². The second-order valence-electron chi connectivity index (χ2n) is 6.63. The van der Waals surface area contributed by atoms with Crippen LogP contribution in [0.1, 0.15) is 28.1 Å². The van der Waals surface area contributed by atoms with Crippen LogP contribution in [0.25, 0.3) is 11.0 Å². The normalized spacial score (nSPS) is 11.1. The van der Waals surface area contributed by atoms with Crippen molar-refractivity contribution < 1.29 is 4.79 Å². The van der Waals surface area contributed by atoms with Crippen LogP contribution in [0.15, 0.2) is 35.0 Å². The molecule has 7 heteroatoms. The number of H-pyrrole nitrogens is 1. The van der Waals surface area contributed by atoms with E-state index in [4.69, 9.17) is 0 Å². The molecule has 0 atom stereocenters. The van der Waals surface area contributed by atoms with Gasteiger partial charge in [0.05, 0.1) is 12.2 Å². The van der Waals surface area contributed by atoms with Gasteiger partial charge in [0, 0.05) is 35.8 Å². The number of aromatic nitrogens is 3. The number of hydrogen-bond acceptors (Lipinski definition) is 4. The van der Waals surface area contributed by atoms with E-state index >= 15 is 0 Å². The fraction of sp³-hybridized carbons (Fsp3) is 0.350. The quantitative estimate of drug-likeness (QED) is 0.637. The lowest BCUT2D eigenvalue weighted by Gasteiger charge is -2.20. The van der Waals surface area contributed by atoms with Gasteiger partial charge in [0.1, 0.15) is 5.65 Å². The molecule has 1 amide bonds. The number of aryl methyl sites for hydroxylation is 3. The van der Waals surface area contributed by atoms with Gasteiger partial charge in [-0.15, -0.1) is 17.9 Å². The summed E-state index contributed by atoms with van der Waals surface area (Å²) >= 11 is 1.63. The molecule has 0 aromatic carbocycles. The van der Waals surface area contributed by atoms with E-state index in [0.29, 0.717) is 25.1 Å². The lowest BCUT2D eigenvalue weighted by molar-refractivity contribution is -0.131. The molecule has 0 radical (unpaired) electrons. The molecule has 1 N–H and O–H groups in total. The monoisotopic (exact) mass is 384 g/mol. The standard InChI is InChI=1S/C20H24N4O2S/c1-5-10-24(12-15-7-6-11-27-15)17(25)9-8-16-13(2)18-14(3)22-23(4)19(18)21-20(16)26/h5-7,11H,1,8-10,12H2,2-4H3,(H,21,26). The predicted molar refractivity (Wildman–Crippen MR) is 109 cm³/mol. The van der Waals surface area contributed by atoms with E-state index < -0.39 is 0 Å². The third kappa shape index (κ3) is 3.88. The number of carbonyl (C=O) groups is 1. The SMILES string of the molecule is C=CCN(Cc1cccs1)C(=O)CCc1c(C)c2c(C)nn(C)c2[nH]c1=O. The van der Waals surface area contributed by atoms with Crippen molar-refractivity contribution in [3.63, 3.8) is 0 Å². The van der Waals surface area contributed by atoms with Crippen LogP contribution in [0.5, 0.6) is 0 Å². The molecule has 0 saturated heterocycles. The van der Waals surface area contributed by atoms with Crippen LogP contribution in [-0.4, -0.2) is 32.1 Å². The summed E-state index contributed by atoms with van der Waals surface area (Å²) in [7, 11) is 1.81. The Morgan fingerprint density at radius 3 is 2.89 bits per heavy atom. The Labute approximate surface area is 162 Å². The Bertz CT molecular complexity index is 1030. The van der Waals surface area contributed by atoms with Crippen molar-refractivity contribution in [3.05, 3.63) is 62.2 Å². The maximum Gasteiger partial charge on any atom is 0.253 e. The second kappa shape index (κ2) is 7.92. The molecule has 0 saturated carbocycles. The van der Waals surface area contributed by atoms with Crippen molar-refractivity contribution in [1.29, 1.82) is 0 Å².